The van der Waals surface area contributed by atoms with Crippen LogP contribution in [0.1, 0.15) is 25.3 Å². The van der Waals surface area contributed by atoms with Crippen LogP contribution in [-0.2, 0) is 6.42 Å². The van der Waals surface area contributed by atoms with E-state index in [1.807, 2.05) is 0 Å². The maximum atomic E-state index is 6.00. The van der Waals surface area contributed by atoms with Gasteiger partial charge in [0.25, 0.3) is 0 Å². The van der Waals surface area contributed by atoms with Crippen LogP contribution < -0.4 is 10.6 Å². The molecule has 3 N–H and O–H groups in total. The van der Waals surface area contributed by atoms with Crippen molar-refractivity contribution in [2.24, 2.45) is 5.73 Å². The van der Waals surface area contributed by atoms with Crippen molar-refractivity contribution in [2.75, 3.05) is 18.0 Å². The van der Waals surface area contributed by atoms with Crippen LogP contribution in [0.4, 0.5) is 5.95 Å². The van der Waals surface area contributed by atoms with Crippen molar-refractivity contribution >= 4 is 17.3 Å². The fourth-order valence-corrected chi connectivity index (χ4v) is 3.44. The molecule has 2 aromatic rings. The zero-order valence-electron chi connectivity index (χ0n) is 11.1. The van der Waals surface area contributed by atoms with Crippen LogP contribution in [0.3, 0.4) is 0 Å². The number of piperidine rings is 1. The van der Waals surface area contributed by atoms with Gasteiger partial charge in [-0.2, -0.15) is 4.98 Å². The molecule has 2 aromatic heterocycles. The topological polar surface area (TPSA) is 70.8 Å². The predicted octanol–water partition coefficient (Wildman–Crippen LogP) is 2.02. The number of aromatic nitrogens is 3. The van der Waals surface area contributed by atoms with E-state index in [4.69, 9.17) is 5.73 Å². The summed E-state index contributed by atoms with van der Waals surface area (Å²) in [5, 5.41) is 9.51. The zero-order chi connectivity index (χ0) is 13.2. The highest BCUT2D eigenvalue weighted by atomic mass is 32.1. The molecule has 1 fully saturated rings. The maximum Gasteiger partial charge on any atom is 0.245 e. The number of nitrogens with one attached hydrogen (secondary N) is 1. The average Bonchev–Trinajstić information content (AvgIpc) is 3.07. The molecule has 3 rings (SSSR count). The quantitative estimate of drug-likeness (QED) is 0.900. The minimum Gasteiger partial charge on any atom is -0.338 e. The summed E-state index contributed by atoms with van der Waals surface area (Å²) in [4.78, 5) is 8.00. The molecule has 0 aromatic carbocycles. The number of anilines is 1. The van der Waals surface area contributed by atoms with Gasteiger partial charge >= 0.3 is 0 Å². The molecule has 0 spiro atoms. The fourth-order valence-electron chi connectivity index (χ4n) is 2.51. The smallest absolute Gasteiger partial charge is 0.245 e. The van der Waals surface area contributed by atoms with Gasteiger partial charge in [-0.1, -0.05) is 6.92 Å². The monoisotopic (exact) mass is 277 g/mol. The van der Waals surface area contributed by atoms with Crippen LogP contribution in [0.2, 0.25) is 0 Å². The first kappa shape index (κ1) is 12.6. The molecule has 0 amide bonds. The number of H-pyrrole nitrogens is 1. The van der Waals surface area contributed by atoms with Gasteiger partial charge in [0.2, 0.25) is 5.95 Å². The lowest BCUT2D eigenvalue weighted by molar-refractivity contribution is 0.500. The van der Waals surface area contributed by atoms with Gasteiger partial charge in [-0.25, -0.2) is 0 Å². The van der Waals surface area contributed by atoms with Crippen molar-refractivity contribution in [1.29, 1.82) is 0 Å². The van der Waals surface area contributed by atoms with E-state index in [2.05, 4.69) is 38.5 Å². The van der Waals surface area contributed by atoms with E-state index >= 15 is 0 Å². The lowest BCUT2D eigenvalue weighted by Crippen LogP contribution is -2.43. The molecule has 0 radical (unpaired) electrons. The zero-order valence-corrected chi connectivity index (χ0v) is 11.9. The Hall–Kier alpha value is -1.40. The van der Waals surface area contributed by atoms with Crippen LogP contribution in [0, 0.1) is 0 Å². The molecule has 5 nitrogen and oxygen atoms in total. The van der Waals surface area contributed by atoms with Crippen LogP contribution >= 0.6 is 11.3 Å². The normalized spacial score (nSPS) is 19.9. The second-order valence-corrected chi connectivity index (χ2v) is 5.88. The third kappa shape index (κ3) is 2.50. The standard InChI is InChI=1S/C13H19N5S/c1-2-9-5-7-19-11(9)12-15-13(17-16-12)18-6-3-4-10(14)8-18/h5,7,10H,2-4,6,8,14H2,1H3,(H,15,16,17). The van der Waals surface area contributed by atoms with Crippen molar-refractivity contribution in [1.82, 2.24) is 15.2 Å². The Labute approximate surface area is 116 Å². The summed E-state index contributed by atoms with van der Waals surface area (Å²) in [5.74, 6) is 1.65. The predicted molar refractivity (Wildman–Crippen MR) is 78.5 cm³/mol. The molecule has 1 saturated heterocycles. The molecule has 19 heavy (non-hydrogen) atoms. The number of rotatable bonds is 3. The van der Waals surface area contributed by atoms with E-state index in [9.17, 15) is 0 Å². The Morgan fingerprint density at radius 1 is 1.58 bits per heavy atom. The second-order valence-electron chi connectivity index (χ2n) is 4.96. The summed E-state index contributed by atoms with van der Waals surface area (Å²) >= 11 is 1.71. The average molecular weight is 277 g/mol. The molecule has 102 valence electrons. The first-order valence-electron chi connectivity index (χ1n) is 6.77. The van der Waals surface area contributed by atoms with Crippen molar-refractivity contribution in [3.05, 3.63) is 17.0 Å². The van der Waals surface area contributed by atoms with Gasteiger partial charge < -0.3 is 10.6 Å². The van der Waals surface area contributed by atoms with Gasteiger partial charge in [-0.05, 0) is 36.3 Å². The highest BCUT2D eigenvalue weighted by molar-refractivity contribution is 7.13. The Bertz CT molecular complexity index is 547. The maximum absolute atomic E-state index is 6.00. The molecular formula is C13H19N5S. The largest absolute Gasteiger partial charge is 0.338 e. The third-order valence-electron chi connectivity index (χ3n) is 3.56. The van der Waals surface area contributed by atoms with Crippen molar-refractivity contribution in [3.63, 3.8) is 0 Å². The first-order chi connectivity index (χ1) is 9.28. The number of hydrogen-bond donors (Lipinski definition) is 2. The molecule has 0 saturated carbocycles. The van der Waals surface area contributed by atoms with Gasteiger partial charge in [0.15, 0.2) is 5.82 Å². The minimum absolute atomic E-state index is 0.239. The second kappa shape index (κ2) is 5.30. The van der Waals surface area contributed by atoms with Gasteiger partial charge in [0, 0.05) is 19.1 Å². The molecule has 0 aliphatic carbocycles. The van der Waals surface area contributed by atoms with Gasteiger partial charge in [0.1, 0.15) is 0 Å². The molecular weight excluding hydrogens is 258 g/mol. The molecule has 1 aliphatic heterocycles. The molecule has 1 atom stereocenters. The molecule has 1 aliphatic rings. The summed E-state index contributed by atoms with van der Waals surface area (Å²) < 4.78 is 0. The number of thiophene rings is 1. The van der Waals surface area contributed by atoms with Gasteiger partial charge in [-0.3, -0.25) is 5.10 Å². The van der Waals surface area contributed by atoms with E-state index in [0.717, 1.165) is 44.1 Å². The SMILES string of the molecule is CCc1ccsc1-c1nc(N2CCCC(N)C2)n[nH]1. The highest BCUT2D eigenvalue weighted by Gasteiger charge is 2.21. The van der Waals surface area contributed by atoms with Crippen molar-refractivity contribution in [2.45, 2.75) is 32.2 Å². The molecule has 0 bridgehead atoms. The van der Waals surface area contributed by atoms with E-state index in [0.29, 0.717) is 0 Å². The lowest BCUT2D eigenvalue weighted by Gasteiger charge is -2.29. The summed E-state index contributed by atoms with van der Waals surface area (Å²) in [6.07, 6.45) is 3.23. The number of hydrogen-bond acceptors (Lipinski definition) is 5. The number of aryl methyl sites for hydroxylation is 1. The first-order valence-corrected chi connectivity index (χ1v) is 7.65. The number of aromatic amines is 1. The minimum atomic E-state index is 0.239. The molecule has 6 heteroatoms. The number of nitrogens with two attached hydrogens (primary N) is 1. The number of nitrogens with zero attached hydrogens (tertiary/aromatic N) is 3. The van der Waals surface area contributed by atoms with Crippen LogP contribution in [0.15, 0.2) is 11.4 Å². The Balaban J connectivity index is 1.83. The molecule has 3 heterocycles. The van der Waals surface area contributed by atoms with Crippen molar-refractivity contribution in [3.8, 4) is 10.7 Å². The van der Waals surface area contributed by atoms with Crippen LogP contribution in [0.5, 0.6) is 0 Å². The van der Waals surface area contributed by atoms with Gasteiger partial charge in [0.05, 0.1) is 4.88 Å². The van der Waals surface area contributed by atoms with E-state index in [1.165, 1.54) is 10.4 Å². The summed E-state index contributed by atoms with van der Waals surface area (Å²) in [5.41, 5.74) is 7.33. The third-order valence-corrected chi connectivity index (χ3v) is 4.52. The summed E-state index contributed by atoms with van der Waals surface area (Å²) in [6, 6.07) is 2.39. The van der Waals surface area contributed by atoms with Gasteiger partial charge in [-0.15, -0.1) is 16.4 Å². The Morgan fingerprint density at radius 2 is 2.47 bits per heavy atom. The van der Waals surface area contributed by atoms with Crippen molar-refractivity contribution < 1.29 is 0 Å². The Kier molecular flexibility index (Phi) is 3.52. The fraction of sp³-hybridized carbons (Fsp3) is 0.538. The van der Waals surface area contributed by atoms with Crippen LogP contribution in [-0.4, -0.2) is 34.3 Å². The lowest BCUT2D eigenvalue weighted by atomic mass is 10.1. The summed E-state index contributed by atoms with van der Waals surface area (Å²) in [6.45, 7) is 4.00. The van der Waals surface area contributed by atoms with E-state index < -0.39 is 0 Å². The highest BCUT2D eigenvalue weighted by Crippen LogP contribution is 2.28. The Morgan fingerprint density at radius 3 is 3.26 bits per heavy atom. The van der Waals surface area contributed by atoms with Crippen LogP contribution in [0.25, 0.3) is 10.7 Å². The van der Waals surface area contributed by atoms with E-state index in [1.54, 1.807) is 11.3 Å². The van der Waals surface area contributed by atoms with E-state index in [-0.39, 0.29) is 6.04 Å². The molecule has 1 unspecified atom stereocenters. The summed E-state index contributed by atoms with van der Waals surface area (Å²) in [7, 11) is 0.